The van der Waals surface area contributed by atoms with E-state index in [-0.39, 0.29) is 0 Å². The van der Waals surface area contributed by atoms with Gasteiger partial charge in [-0.05, 0) is 32.2 Å². The van der Waals surface area contributed by atoms with E-state index in [9.17, 15) is 0 Å². The van der Waals surface area contributed by atoms with E-state index in [0.717, 1.165) is 12.3 Å². The largest absolute Gasteiger partial charge is 0.346 e. The first-order chi connectivity index (χ1) is 6.92. The van der Waals surface area contributed by atoms with Crippen LogP contribution in [0.25, 0.3) is 0 Å². The summed E-state index contributed by atoms with van der Waals surface area (Å²) < 4.78 is 0. The fourth-order valence-corrected chi connectivity index (χ4v) is 2.24. The Labute approximate surface area is 84.3 Å². The second-order valence-corrected chi connectivity index (χ2v) is 4.57. The molecule has 1 aromatic rings. The first-order valence-corrected chi connectivity index (χ1v) is 5.69. The summed E-state index contributed by atoms with van der Waals surface area (Å²) in [5, 5.41) is 3.51. The molecule has 1 atom stereocenters. The predicted molar refractivity (Wildman–Crippen MR) is 55.3 cm³/mol. The summed E-state index contributed by atoms with van der Waals surface area (Å²) in [6.07, 6.45) is 8.45. The van der Waals surface area contributed by atoms with E-state index < -0.39 is 0 Å². The SMILES string of the molecule is c1nc(C2CC2)[nH]c1CC1CCCN1. The molecule has 1 unspecified atom stereocenters. The van der Waals surface area contributed by atoms with Crippen LogP contribution in [-0.4, -0.2) is 22.6 Å². The summed E-state index contributed by atoms with van der Waals surface area (Å²) >= 11 is 0. The van der Waals surface area contributed by atoms with Gasteiger partial charge >= 0.3 is 0 Å². The van der Waals surface area contributed by atoms with Gasteiger partial charge in [0, 0.05) is 30.3 Å². The van der Waals surface area contributed by atoms with Crippen LogP contribution in [0.3, 0.4) is 0 Å². The molecule has 1 aliphatic carbocycles. The molecular weight excluding hydrogens is 174 g/mol. The number of hydrogen-bond donors (Lipinski definition) is 2. The van der Waals surface area contributed by atoms with Gasteiger partial charge in [0.2, 0.25) is 0 Å². The maximum absolute atomic E-state index is 4.44. The van der Waals surface area contributed by atoms with Crippen LogP contribution in [0, 0.1) is 0 Å². The lowest BCUT2D eigenvalue weighted by molar-refractivity contribution is 0.596. The van der Waals surface area contributed by atoms with Gasteiger partial charge in [-0.2, -0.15) is 0 Å². The monoisotopic (exact) mass is 191 g/mol. The Bertz CT molecular complexity index is 308. The van der Waals surface area contributed by atoms with Gasteiger partial charge in [0.1, 0.15) is 5.82 Å². The number of aromatic amines is 1. The van der Waals surface area contributed by atoms with Gasteiger partial charge in [-0.1, -0.05) is 0 Å². The number of rotatable bonds is 3. The Morgan fingerprint density at radius 2 is 2.29 bits per heavy atom. The average molecular weight is 191 g/mol. The van der Waals surface area contributed by atoms with Gasteiger partial charge < -0.3 is 10.3 Å². The molecule has 0 radical (unpaired) electrons. The lowest BCUT2D eigenvalue weighted by Gasteiger charge is -2.07. The Hall–Kier alpha value is -0.830. The highest BCUT2D eigenvalue weighted by molar-refractivity contribution is 5.11. The van der Waals surface area contributed by atoms with Crippen LogP contribution in [0.5, 0.6) is 0 Å². The number of hydrogen-bond acceptors (Lipinski definition) is 2. The number of nitrogens with zero attached hydrogens (tertiary/aromatic N) is 1. The van der Waals surface area contributed by atoms with Crippen LogP contribution in [0.4, 0.5) is 0 Å². The van der Waals surface area contributed by atoms with Crippen molar-refractivity contribution in [3.63, 3.8) is 0 Å². The number of imidazole rings is 1. The summed E-state index contributed by atoms with van der Waals surface area (Å²) in [6.45, 7) is 1.19. The van der Waals surface area contributed by atoms with Crippen molar-refractivity contribution >= 4 is 0 Å². The fourth-order valence-electron chi connectivity index (χ4n) is 2.24. The molecule has 0 amide bonds. The van der Waals surface area contributed by atoms with E-state index >= 15 is 0 Å². The molecule has 0 spiro atoms. The zero-order chi connectivity index (χ0) is 9.38. The molecule has 3 nitrogen and oxygen atoms in total. The molecule has 1 saturated carbocycles. The van der Waals surface area contributed by atoms with Crippen LogP contribution in [0.15, 0.2) is 6.20 Å². The van der Waals surface area contributed by atoms with Crippen LogP contribution < -0.4 is 5.32 Å². The second-order valence-electron chi connectivity index (χ2n) is 4.57. The third-order valence-electron chi connectivity index (χ3n) is 3.24. The van der Waals surface area contributed by atoms with Gasteiger partial charge in [0.25, 0.3) is 0 Å². The number of H-pyrrole nitrogens is 1. The van der Waals surface area contributed by atoms with Crippen LogP contribution in [0.2, 0.25) is 0 Å². The Kier molecular flexibility index (Phi) is 2.05. The Morgan fingerprint density at radius 3 is 3.00 bits per heavy atom. The van der Waals surface area contributed by atoms with Crippen molar-refractivity contribution in [2.45, 2.75) is 44.1 Å². The second kappa shape index (κ2) is 3.39. The maximum atomic E-state index is 4.44. The standard InChI is InChI=1S/C11H17N3/c1-2-9(12-5-1)6-10-7-13-11(14-10)8-3-4-8/h7-9,12H,1-6H2,(H,13,14). The van der Waals surface area contributed by atoms with Crippen molar-refractivity contribution in [2.24, 2.45) is 0 Å². The molecule has 2 N–H and O–H groups in total. The van der Waals surface area contributed by atoms with Gasteiger partial charge in [-0.3, -0.25) is 0 Å². The third-order valence-corrected chi connectivity index (χ3v) is 3.24. The van der Waals surface area contributed by atoms with Gasteiger partial charge in [-0.15, -0.1) is 0 Å². The van der Waals surface area contributed by atoms with Crippen molar-refractivity contribution in [3.8, 4) is 0 Å². The average Bonchev–Trinajstić information content (AvgIpc) is 2.75. The maximum Gasteiger partial charge on any atom is 0.109 e. The lowest BCUT2D eigenvalue weighted by Crippen LogP contribution is -2.23. The molecule has 1 saturated heterocycles. The lowest BCUT2D eigenvalue weighted by atomic mass is 10.1. The Balaban J connectivity index is 1.64. The molecule has 2 heterocycles. The van der Waals surface area contributed by atoms with Crippen LogP contribution >= 0.6 is 0 Å². The highest BCUT2D eigenvalue weighted by atomic mass is 15.0. The van der Waals surface area contributed by atoms with E-state index in [1.165, 1.54) is 43.7 Å². The molecule has 2 aliphatic rings. The van der Waals surface area contributed by atoms with Crippen molar-refractivity contribution in [1.82, 2.24) is 15.3 Å². The van der Waals surface area contributed by atoms with E-state index in [4.69, 9.17) is 0 Å². The van der Waals surface area contributed by atoms with Crippen molar-refractivity contribution in [1.29, 1.82) is 0 Å². The number of aromatic nitrogens is 2. The molecule has 0 aromatic carbocycles. The minimum atomic E-state index is 0.683. The van der Waals surface area contributed by atoms with E-state index in [0.29, 0.717) is 6.04 Å². The summed E-state index contributed by atoms with van der Waals surface area (Å²) in [4.78, 5) is 7.89. The molecule has 14 heavy (non-hydrogen) atoms. The molecule has 76 valence electrons. The fraction of sp³-hybridized carbons (Fsp3) is 0.727. The summed E-state index contributed by atoms with van der Waals surface area (Å²) in [7, 11) is 0. The van der Waals surface area contributed by atoms with Crippen LogP contribution in [0.1, 0.15) is 43.1 Å². The van der Waals surface area contributed by atoms with Crippen molar-refractivity contribution in [3.05, 3.63) is 17.7 Å². The molecule has 1 aromatic heterocycles. The highest BCUT2D eigenvalue weighted by Gasteiger charge is 2.26. The minimum absolute atomic E-state index is 0.683. The zero-order valence-corrected chi connectivity index (χ0v) is 8.42. The van der Waals surface area contributed by atoms with Crippen LogP contribution in [-0.2, 0) is 6.42 Å². The van der Waals surface area contributed by atoms with E-state index in [2.05, 4.69) is 15.3 Å². The highest BCUT2D eigenvalue weighted by Crippen LogP contribution is 2.38. The molecule has 3 rings (SSSR count). The van der Waals surface area contributed by atoms with E-state index in [1.807, 2.05) is 6.20 Å². The summed E-state index contributed by atoms with van der Waals surface area (Å²) in [5.41, 5.74) is 1.31. The van der Waals surface area contributed by atoms with Gasteiger partial charge in [0.15, 0.2) is 0 Å². The predicted octanol–water partition coefficient (Wildman–Crippen LogP) is 1.58. The van der Waals surface area contributed by atoms with Crippen molar-refractivity contribution < 1.29 is 0 Å². The molecule has 2 fully saturated rings. The first kappa shape index (κ1) is 8.48. The smallest absolute Gasteiger partial charge is 0.109 e. The van der Waals surface area contributed by atoms with Gasteiger partial charge in [-0.25, -0.2) is 4.98 Å². The normalized spacial score (nSPS) is 27.0. The third kappa shape index (κ3) is 1.69. The zero-order valence-electron chi connectivity index (χ0n) is 8.42. The molecule has 1 aliphatic heterocycles. The van der Waals surface area contributed by atoms with Gasteiger partial charge in [0.05, 0.1) is 0 Å². The molecular formula is C11H17N3. The van der Waals surface area contributed by atoms with Crippen molar-refractivity contribution in [2.75, 3.05) is 6.54 Å². The quantitative estimate of drug-likeness (QED) is 0.761. The first-order valence-electron chi connectivity index (χ1n) is 5.69. The summed E-state index contributed by atoms with van der Waals surface area (Å²) in [6, 6.07) is 0.683. The minimum Gasteiger partial charge on any atom is -0.346 e. The molecule has 0 bridgehead atoms. The molecule has 3 heteroatoms. The van der Waals surface area contributed by atoms with E-state index in [1.54, 1.807) is 0 Å². The number of nitrogens with one attached hydrogen (secondary N) is 2. The Morgan fingerprint density at radius 1 is 1.36 bits per heavy atom. The summed E-state index contributed by atoms with van der Waals surface area (Å²) in [5.74, 6) is 1.97. The topological polar surface area (TPSA) is 40.7 Å².